The molecule has 3 rings (SSSR count). The Kier molecular flexibility index (Phi) is 4.07. The Bertz CT molecular complexity index is 497. The molecule has 0 aromatic carbocycles. The van der Waals surface area contributed by atoms with Crippen LogP contribution in [-0.2, 0) is 0 Å². The minimum Gasteiger partial charge on any atom is -0.388 e. The second kappa shape index (κ2) is 5.84. The molecule has 0 radical (unpaired) electrons. The Labute approximate surface area is 126 Å². The molecule has 0 atom stereocenters. The number of nitrogens with zero attached hydrogens (tertiary/aromatic N) is 1. The SMILES string of the molecule is CC1CCC(O)(CNC(=O)c2cccn2C2CCC2)CC1. The van der Waals surface area contributed by atoms with Crippen molar-refractivity contribution in [1.82, 2.24) is 9.88 Å². The molecule has 2 N–H and O–H groups in total. The summed E-state index contributed by atoms with van der Waals surface area (Å²) in [5.74, 6) is 0.635. The van der Waals surface area contributed by atoms with E-state index >= 15 is 0 Å². The van der Waals surface area contributed by atoms with Crippen LogP contribution in [0.4, 0.5) is 0 Å². The largest absolute Gasteiger partial charge is 0.388 e. The molecule has 1 aromatic rings. The minimum atomic E-state index is -0.712. The number of rotatable bonds is 4. The van der Waals surface area contributed by atoms with E-state index in [4.69, 9.17) is 0 Å². The predicted octanol–water partition coefficient (Wildman–Crippen LogP) is 2.88. The molecule has 0 bridgehead atoms. The van der Waals surface area contributed by atoms with Crippen LogP contribution >= 0.6 is 0 Å². The second-order valence-electron chi connectivity index (χ2n) is 6.97. The fraction of sp³-hybridized carbons (Fsp3) is 0.706. The highest BCUT2D eigenvalue weighted by Crippen LogP contribution is 2.33. The maximum Gasteiger partial charge on any atom is 0.268 e. The normalized spacial score (nSPS) is 29.9. The summed E-state index contributed by atoms with van der Waals surface area (Å²) >= 11 is 0. The fourth-order valence-electron chi connectivity index (χ4n) is 3.38. The van der Waals surface area contributed by atoms with Crippen molar-refractivity contribution in [1.29, 1.82) is 0 Å². The molecular weight excluding hydrogens is 264 g/mol. The molecule has 116 valence electrons. The molecule has 4 heteroatoms. The van der Waals surface area contributed by atoms with Gasteiger partial charge in [-0.25, -0.2) is 0 Å². The molecule has 2 aliphatic rings. The van der Waals surface area contributed by atoms with Gasteiger partial charge in [-0.2, -0.15) is 0 Å². The van der Waals surface area contributed by atoms with Crippen LogP contribution in [0.1, 0.15) is 68.4 Å². The number of hydrogen-bond donors (Lipinski definition) is 2. The van der Waals surface area contributed by atoms with E-state index in [2.05, 4.69) is 16.8 Å². The van der Waals surface area contributed by atoms with E-state index in [1.165, 1.54) is 6.42 Å². The molecule has 0 aliphatic heterocycles. The quantitative estimate of drug-likeness (QED) is 0.896. The molecule has 2 fully saturated rings. The molecule has 1 heterocycles. The summed E-state index contributed by atoms with van der Waals surface area (Å²) in [6.07, 6.45) is 9.25. The summed E-state index contributed by atoms with van der Waals surface area (Å²) in [4.78, 5) is 12.4. The van der Waals surface area contributed by atoms with Gasteiger partial charge in [0.05, 0.1) is 5.60 Å². The van der Waals surface area contributed by atoms with Gasteiger partial charge in [-0.1, -0.05) is 6.92 Å². The van der Waals surface area contributed by atoms with Crippen molar-refractivity contribution < 1.29 is 9.90 Å². The zero-order valence-corrected chi connectivity index (χ0v) is 12.8. The highest BCUT2D eigenvalue weighted by Gasteiger charge is 2.32. The van der Waals surface area contributed by atoms with Crippen LogP contribution in [0.15, 0.2) is 18.3 Å². The number of carbonyl (C=O) groups excluding carboxylic acids is 1. The van der Waals surface area contributed by atoms with Crippen LogP contribution in [0.2, 0.25) is 0 Å². The lowest BCUT2D eigenvalue weighted by atomic mass is 9.79. The van der Waals surface area contributed by atoms with Gasteiger partial charge in [-0.05, 0) is 63.0 Å². The van der Waals surface area contributed by atoms with E-state index in [1.54, 1.807) is 0 Å². The summed E-state index contributed by atoms with van der Waals surface area (Å²) in [5.41, 5.74) is 0.0169. The number of hydrogen-bond acceptors (Lipinski definition) is 2. The van der Waals surface area contributed by atoms with Crippen molar-refractivity contribution in [3.8, 4) is 0 Å². The van der Waals surface area contributed by atoms with Crippen molar-refractivity contribution >= 4 is 5.91 Å². The second-order valence-corrected chi connectivity index (χ2v) is 6.97. The Morgan fingerprint density at radius 3 is 2.71 bits per heavy atom. The van der Waals surface area contributed by atoms with E-state index in [-0.39, 0.29) is 5.91 Å². The first-order valence-corrected chi connectivity index (χ1v) is 8.25. The molecule has 1 amide bonds. The number of carbonyl (C=O) groups is 1. The average Bonchev–Trinajstić information content (AvgIpc) is 2.87. The molecule has 0 spiro atoms. The third kappa shape index (κ3) is 3.15. The van der Waals surface area contributed by atoms with Gasteiger partial charge in [-0.15, -0.1) is 0 Å². The molecule has 21 heavy (non-hydrogen) atoms. The van der Waals surface area contributed by atoms with Crippen LogP contribution in [0.25, 0.3) is 0 Å². The van der Waals surface area contributed by atoms with Crippen LogP contribution in [0.3, 0.4) is 0 Å². The summed E-state index contributed by atoms with van der Waals surface area (Å²) in [6, 6.07) is 4.30. The average molecular weight is 290 g/mol. The highest BCUT2D eigenvalue weighted by atomic mass is 16.3. The third-order valence-electron chi connectivity index (χ3n) is 5.26. The molecule has 0 saturated heterocycles. The summed E-state index contributed by atoms with van der Waals surface area (Å²) in [7, 11) is 0. The maximum absolute atomic E-state index is 12.4. The molecule has 2 aliphatic carbocycles. The zero-order chi connectivity index (χ0) is 14.9. The van der Waals surface area contributed by atoms with E-state index in [0.717, 1.165) is 44.2 Å². The first-order valence-electron chi connectivity index (χ1n) is 8.25. The molecule has 4 nitrogen and oxygen atoms in total. The van der Waals surface area contributed by atoms with Crippen LogP contribution < -0.4 is 5.32 Å². The van der Waals surface area contributed by atoms with Gasteiger partial charge in [0.2, 0.25) is 0 Å². The first-order chi connectivity index (χ1) is 10.1. The number of aliphatic hydroxyl groups is 1. The Morgan fingerprint density at radius 2 is 2.10 bits per heavy atom. The monoisotopic (exact) mass is 290 g/mol. The fourth-order valence-corrected chi connectivity index (χ4v) is 3.38. The first kappa shape index (κ1) is 14.6. The van der Waals surface area contributed by atoms with E-state index in [0.29, 0.717) is 18.5 Å². The van der Waals surface area contributed by atoms with Crippen LogP contribution in [0, 0.1) is 5.92 Å². The van der Waals surface area contributed by atoms with E-state index < -0.39 is 5.60 Å². The van der Waals surface area contributed by atoms with Crippen LogP contribution in [-0.4, -0.2) is 27.7 Å². The number of amides is 1. The van der Waals surface area contributed by atoms with Crippen molar-refractivity contribution in [2.45, 2.75) is 63.5 Å². The smallest absolute Gasteiger partial charge is 0.268 e. The van der Waals surface area contributed by atoms with E-state index in [1.807, 2.05) is 18.3 Å². The van der Waals surface area contributed by atoms with Gasteiger partial charge < -0.3 is 15.0 Å². The zero-order valence-electron chi connectivity index (χ0n) is 12.8. The molecule has 1 aromatic heterocycles. The number of aromatic nitrogens is 1. The van der Waals surface area contributed by atoms with Gasteiger partial charge >= 0.3 is 0 Å². The lowest BCUT2D eigenvalue weighted by molar-refractivity contribution is -0.00549. The van der Waals surface area contributed by atoms with Gasteiger partial charge in [-0.3, -0.25) is 4.79 Å². The standard InChI is InChI=1S/C17H26N2O2/c1-13-7-9-17(21,10-8-13)12-18-16(20)15-6-3-11-19(15)14-4-2-5-14/h3,6,11,13-14,21H,2,4-5,7-10,12H2,1H3,(H,18,20). The number of nitrogens with one attached hydrogen (secondary N) is 1. The lowest BCUT2D eigenvalue weighted by Crippen LogP contribution is -2.45. The van der Waals surface area contributed by atoms with E-state index in [9.17, 15) is 9.90 Å². The Balaban J connectivity index is 1.58. The summed E-state index contributed by atoms with van der Waals surface area (Å²) < 4.78 is 2.09. The maximum atomic E-state index is 12.4. The van der Waals surface area contributed by atoms with Crippen molar-refractivity contribution in [2.24, 2.45) is 5.92 Å². The molecular formula is C17H26N2O2. The van der Waals surface area contributed by atoms with Gasteiger partial charge in [0.15, 0.2) is 0 Å². The topological polar surface area (TPSA) is 54.3 Å². The predicted molar refractivity (Wildman–Crippen MR) is 82.2 cm³/mol. The van der Waals surface area contributed by atoms with Gasteiger partial charge in [0.25, 0.3) is 5.91 Å². The van der Waals surface area contributed by atoms with Gasteiger partial charge in [0.1, 0.15) is 5.69 Å². The minimum absolute atomic E-state index is 0.0565. The lowest BCUT2D eigenvalue weighted by Gasteiger charge is -2.35. The summed E-state index contributed by atoms with van der Waals surface area (Å²) in [5, 5.41) is 13.5. The summed E-state index contributed by atoms with van der Waals surface area (Å²) in [6.45, 7) is 2.60. The molecule has 2 saturated carbocycles. The van der Waals surface area contributed by atoms with Crippen molar-refractivity contribution in [2.75, 3.05) is 6.54 Å². The van der Waals surface area contributed by atoms with Crippen molar-refractivity contribution in [3.63, 3.8) is 0 Å². The van der Waals surface area contributed by atoms with Gasteiger partial charge in [0, 0.05) is 18.8 Å². The molecule has 0 unspecified atom stereocenters. The van der Waals surface area contributed by atoms with Crippen molar-refractivity contribution in [3.05, 3.63) is 24.0 Å². The Morgan fingerprint density at radius 1 is 1.38 bits per heavy atom. The highest BCUT2D eigenvalue weighted by molar-refractivity contribution is 5.92. The van der Waals surface area contributed by atoms with Crippen LogP contribution in [0.5, 0.6) is 0 Å². The third-order valence-corrected chi connectivity index (χ3v) is 5.26. The Hall–Kier alpha value is -1.29.